The molecule has 6 heteroatoms. The van der Waals surface area contributed by atoms with Gasteiger partial charge in [-0.3, -0.25) is 4.57 Å². The maximum Gasteiger partial charge on any atom is 0.224 e. The summed E-state index contributed by atoms with van der Waals surface area (Å²) in [6.07, 6.45) is 3.42. The number of nitrogens with zero attached hydrogens (tertiary/aromatic N) is 3. The van der Waals surface area contributed by atoms with Gasteiger partial charge in [-0.1, -0.05) is 29.3 Å². The van der Waals surface area contributed by atoms with E-state index >= 15 is 0 Å². The number of ether oxygens (including phenoxy) is 2. The number of aromatic nitrogens is 3. The smallest absolute Gasteiger partial charge is 0.224 e. The van der Waals surface area contributed by atoms with E-state index in [1.165, 1.54) is 5.56 Å². The largest absolute Gasteiger partial charge is 0.480 e. The topological polar surface area (TPSA) is 49.2 Å². The summed E-state index contributed by atoms with van der Waals surface area (Å²) in [5.74, 6) is 1.44. The molecule has 3 aromatic rings. The second-order valence-electron chi connectivity index (χ2n) is 9.57. The summed E-state index contributed by atoms with van der Waals surface area (Å²) < 4.78 is 13.8. The van der Waals surface area contributed by atoms with E-state index < -0.39 is 0 Å². The van der Waals surface area contributed by atoms with E-state index in [4.69, 9.17) is 26.1 Å². The second kappa shape index (κ2) is 7.95. The van der Waals surface area contributed by atoms with Crippen molar-refractivity contribution in [1.29, 1.82) is 0 Å². The standard InChI is InChI=1S/C25H30ClN3O2/c1-16-9-11-18(12-10-16)29-21(26)20(17-14-24(2,3)31-25(4,5)15-17)28-22(29)19-8-7-13-27-23(19)30-6/h7-13,17H,14-15H2,1-6H3. The molecule has 0 atom stereocenters. The summed E-state index contributed by atoms with van der Waals surface area (Å²) >= 11 is 7.07. The maximum absolute atomic E-state index is 7.07. The number of halogens is 1. The second-order valence-corrected chi connectivity index (χ2v) is 9.93. The van der Waals surface area contributed by atoms with Crippen LogP contribution in [-0.2, 0) is 4.74 Å². The van der Waals surface area contributed by atoms with E-state index in [9.17, 15) is 0 Å². The van der Waals surface area contributed by atoms with Gasteiger partial charge in [0.2, 0.25) is 5.88 Å². The summed E-state index contributed by atoms with van der Waals surface area (Å²) in [5, 5.41) is 0.628. The number of aryl methyl sites for hydroxylation is 1. The van der Waals surface area contributed by atoms with Gasteiger partial charge in [-0.2, -0.15) is 0 Å². The molecule has 1 aliphatic rings. The maximum atomic E-state index is 7.07. The Kier molecular flexibility index (Phi) is 5.61. The van der Waals surface area contributed by atoms with Crippen molar-refractivity contribution in [2.75, 3.05) is 7.11 Å². The molecule has 0 N–H and O–H groups in total. The quantitative estimate of drug-likeness (QED) is 0.474. The lowest BCUT2D eigenvalue weighted by atomic mass is 9.79. The van der Waals surface area contributed by atoms with Gasteiger partial charge in [-0.15, -0.1) is 0 Å². The van der Waals surface area contributed by atoms with E-state index in [0.29, 0.717) is 11.0 Å². The van der Waals surface area contributed by atoms with Crippen molar-refractivity contribution < 1.29 is 9.47 Å². The van der Waals surface area contributed by atoms with Gasteiger partial charge in [0.15, 0.2) is 5.82 Å². The summed E-state index contributed by atoms with van der Waals surface area (Å²) in [5.41, 5.74) is 3.34. The lowest BCUT2D eigenvalue weighted by molar-refractivity contribution is -0.162. The minimum absolute atomic E-state index is 0.180. The minimum atomic E-state index is -0.254. The molecule has 0 aliphatic carbocycles. The third kappa shape index (κ3) is 4.35. The van der Waals surface area contributed by atoms with E-state index in [1.54, 1.807) is 13.3 Å². The number of benzene rings is 1. The van der Waals surface area contributed by atoms with Gasteiger partial charge in [0.1, 0.15) is 5.15 Å². The summed E-state index contributed by atoms with van der Waals surface area (Å²) in [6.45, 7) is 10.6. The normalized spacial score (nSPS) is 18.2. The Labute approximate surface area is 189 Å². The molecule has 4 rings (SSSR count). The molecular weight excluding hydrogens is 410 g/mol. The molecule has 0 saturated carbocycles. The van der Waals surface area contributed by atoms with Crippen LogP contribution in [0.1, 0.15) is 57.7 Å². The average Bonchev–Trinajstić information content (AvgIpc) is 3.03. The van der Waals surface area contributed by atoms with Crippen LogP contribution in [0.15, 0.2) is 42.6 Å². The highest BCUT2D eigenvalue weighted by Crippen LogP contribution is 2.46. The van der Waals surface area contributed by atoms with E-state index in [2.05, 4.69) is 63.9 Å². The first kappa shape index (κ1) is 21.8. The Morgan fingerprint density at radius 1 is 1.06 bits per heavy atom. The van der Waals surface area contributed by atoms with Crippen LogP contribution in [-0.4, -0.2) is 32.8 Å². The Balaban J connectivity index is 1.92. The molecule has 1 aliphatic heterocycles. The summed E-state index contributed by atoms with van der Waals surface area (Å²) in [4.78, 5) is 9.48. The molecule has 0 spiro atoms. The number of hydrogen-bond acceptors (Lipinski definition) is 4. The van der Waals surface area contributed by atoms with Crippen molar-refractivity contribution in [3.8, 4) is 23.0 Å². The highest BCUT2D eigenvalue weighted by Gasteiger charge is 2.42. The van der Waals surface area contributed by atoms with Crippen LogP contribution in [0.2, 0.25) is 5.15 Å². The Bertz CT molecular complexity index is 1070. The van der Waals surface area contributed by atoms with Crippen molar-refractivity contribution in [3.05, 3.63) is 59.0 Å². The van der Waals surface area contributed by atoms with Gasteiger partial charge < -0.3 is 9.47 Å². The van der Waals surface area contributed by atoms with Crippen LogP contribution in [0, 0.1) is 6.92 Å². The van der Waals surface area contributed by atoms with Crippen LogP contribution in [0.4, 0.5) is 0 Å². The fraction of sp³-hybridized carbons (Fsp3) is 0.440. The van der Waals surface area contributed by atoms with Crippen molar-refractivity contribution in [1.82, 2.24) is 14.5 Å². The zero-order chi connectivity index (χ0) is 22.4. The van der Waals surface area contributed by atoms with E-state index in [1.807, 2.05) is 16.7 Å². The predicted molar refractivity (Wildman–Crippen MR) is 124 cm³/mol. The summed E-state index contributed by atoms with van der Waals surface area (Å²) in [6, 6.07) is 12.2. The number of rotatable bonds is 4. The lowest BCUT2D eigenvalue weighted by Gasteiger charge is -2.45. The molecule has 5 nitrogen and oxygen atoms in total. The fourth-order valence-electron chi connectivity index (χ4n) is 4.79. The van der Waals surface area contributed by atoms with Crippen LogP contribution in [0.25, 0.3) is 17.1 Å². The SMILES string of the molecule is COc1ncccc1-c1nc(C2CC(C)(C)OC(C)(C)C2)c(Cl)n1-c1ccc(C)cc1. The Hall–Kier alpha value is -2.37. The van der Waals surface area contributed by atoms with Crippen LogP contribution in [0.5, 0.6) is 5.88 Å². The highest BCUT2D eigenvalue weighted by atomic mass is 35.5. The van der Waals surface area contributed by atoms with Crippen molar-refractivity contribution in [3.63, 3.8) is 0 Å². The van der Waals surface area contributed by atoms with Crippen molar-refractivity contribution >= 4 is 11.6 Å². The average molecular weight is 440 g/mol. The molecule has 0 radical (unpaired) electrons. The van der Waals surface area contributed by atoms with E-state index in [0.717, 1.165) is 35.6 Å². The summed E-state index contributed by atoms with van der Waals surface area (Å²) in [7, 11) is 1.62. The van der Waals surface area contributed by atoms with Gasteiger partial charge in [0.25, 0.3) is 0 Å². The minimum Gasteiger partial charge on any atom is -0.480 e. The highest BCUT2D eigenvalue weighted by molar-refractivity contribution is 6.30. The molecular formula is C25H30ClN3O2. The molecule has 3 heterocycles. The van der Waals surface area contributed by atoms with Gasteiger partial charge in [0.05, 0.1) is 29.6 Å². The molecule has 0 unspecified atom stereocenters. The Morgan fingerprint density at radius 3 is 2.32 bits per heavy atom. The zero-order valence-electron chi connectivity index (χ0n) is 19.1. The predicted octanol–water partition coefficient (Wildman–Crippen LogP) is 6.36. The van der Waals surface area contributed by atoms with Gasteiger partial charge in [-0.05, 0) is 71.7 Å². The number of hydrogen-bond donors (Lipinski definition) is 0. The lowest BCUT2D eigenvalue weighted by Crippen LogP contribution is -2.44. The molecule has 1 fully saturated rings. The molecule has 0 bridgehead atoms. The number of pyridine rings is 1. The first-order valence-electron chi connectivity index (χ1n) is 10.6. The van der Waals surface area contributed by atoms with E-state index in [-0.39, 0.29) is 17.1 Å². The van der Waals surface area contributed by atoms with Crippen LogP contribution >= 0.6 is 11.6 Å². The third-order valence-electron chi connectivity index (χ3n) is 5.76. The zero-order valence-corrected chi connectivity index (χ0v) is 19.8. The first-order chi connectivity index (χ1) is 14.6. The van der Waals surface area contributed by atoms with Crippen molar-refractivity contribution in [2.24, 2.45) is 0 Å². The molecule has 1 aromatic carbocycles. The van der Waals surface area contributed by atoms with Crippen LogP contribution < -0.4 is 4.74 Å². The Morgan fingerprint density at radius 2 is 1.71 bits per heavy atom. The molecule has 31 heavy (non-hydrogen) atoms. The van der Waals surface area contributed by atoms with Crippen LogP contribution in [0.3, 0.4) is 0 Å². The first-order valence-corrected chi connectivity index (χ1v) is 11.0. The van der Waals surface area contributed by atoms with Crippen molar-refractivity contribution in [2.45, 2.75) is 64.6 Å². The molecule has 1 saturated heterocycles. The number of methoxy groups -OCH3 is 1. The fourth-order valence-corrected chi connectivity index (χ4v) is 5.17. The van der Waals surface area contributed by atoms with Gasteiger partial charge in [-0.25, -0.2) is 9.97 Å². The molecule has 164 valence electrons. The monoisotopic (exact) mass is 439 g/mol. The molecule has 2 aromatic heterocycles. The molecule has 0 amide bonds. The van der Waals surface area contributed by atoms with Gasteiger partial charge in [0, 0.05) is 17.8 Å². The third-order valence-corrected chi connectivity index (χ3v) is 6.12. The number of imidazole rings is 1. The van der Waals surface area contributed by atoms with Gasteiger partial charge >= 0.3 is 0 Å².